The summed E-state index contributed by atoms with van der Waals surface area (Å²) < 4.78 is 6.87. The zero-order chi connectivity index (χ0) is 13.1. The van der Waals surface area contributed by atoms with Gasteiger partial charge in [-0.15, -0.1) is 0 Å². The van der Waals surface area contributed by atoms with Crippen molar-refractivity contribution in [2.45, 2.75) is 6.61 Å². The number of rotatable bonds is 4. The molecule has 0 spiro atoms. The molecule has 1 heterocycles. The van der Waals surface area contributed by atoms with Gasteiger partial charge in [-0.1, -0.05) is 6.07 Å². The third-order valence-corrected chi connectivity index (χ3v) is 2.49. The summed E-state index contributed by atoms with van der Waals surface area (Å²) in [5.74, 6) is -0.485. The molecule has 0 amide bonds. The van der Waals surface area contributed by atoms with E-state index >= 15 is 0 Å². The van der Waals surface area contributed by atoms with Gasteiger partial charge in [-0.2, -0.15) is 5.10 Å². The van der Waals surface area contributed by atoms with Gasteiger partial charge in [0.25, 0.3) is 0 Å². The summed E-state index contributed by atoms with van der Waals surface area (Å²) in [6.07, 6.45) is 1.28. The Morgan fingerprint density at radius 2 is 2.28 bits per heavy atom. The zero-order valence-electron chi connectivity index (χ0n) is 9.70. The lowest BCUT2D eigenvalue weighted by Gasteiger charge is -2.07. The average Bonchev–Trinajstić information content (AvgIpc) is 2.68. The number of phenolic OH excluding ortho intramolecular Hbond substituents is 1. The van der Waals surface area contributed by atoms with Crippen LogP contribution >= 0.6 is 0 Å². The topological polar surface area (TPSA) is 84.6 Å². The lowest BCUT2D eigenvalue weighted by molar-refractivity contribution is 0.0693. The second kappa shape index (κ2) is 4.79. The molecule has 0 saturated heterocycles. The van der Waals surface area contributed by atoms with Crippen molar-refractivity contribution in [3.8, 4) is 11.5 Å². The van der Waals surface area contributed by atoms with Crippen LogP contribution in [0.2, 0.25) is 0 Å². The Kier molecular flexibility index (Phi) is 3.18. The Hall–Kier alpha value is -2.50. The van der Waals surface area contributed by atoms with E-state index in [4.69, 9.17) is 9.84 Å². The summed E-state index contributed by atoms with van der Waals surface area (Å²) in [6.45, 7) is 0.0710. The van der Waals surface area contributed by atoms with Gasteiger partial charge < -0.3 is 14.9 Å². The Morgan fingerprint density at radius 3 is 2.94 bits per heavy atom. The smallest absolute Gasteiger partial charge is 0.339 e. The van der Waals surface area contributed by atoms with E-state index in [1.165, 1.54) is 23.0 Å². The minimum atomic E-state index is -1.04. The van der Waals surface area contributed by atoms with E-state index in [0.29, 0.717) is 11.4 Å². The van der Waals surface area contributed by atoms with E-state index in [1.54, 1.807) is 19.2 Å². The van der Waals surface area contributed by atoms with Crippen molar-refractivity contribution in [3.05, 3.63) is 41.7 Å². The predicted octanol–water partition coefficient (Wildman–Crippen LogP) is 1.40. The Morgan fingerprint density at radius 1 is 1.50 bits per heavy atom. The van der Waals surface area contributed by atoms with Gasteiger partial charge in [0.1, 0.15) is 23.7 Å². The fourth-order valence-electron chi connectivity index (χ4n) is 1.54. The molecule has 6 nitrogen and oxygen atoms in total. The van der Waals surface area contributed by atoms with Gasteiger partial charge in [0.2, 0.25) is 0 Å². The van der Waals surface area contributed by atoms with E-state index < -0.39 is 5.97 Å². The molecular weight excluding hydrogens is 236 g/mol. The third-order valence-electron chi connectivity index (χ3n) is 2.49. The number of hydrogen-bond donors (Lipinski definition) is 2. The van der Waals surface area contributed by atoms with E-state index in [1.807, 2.05) is 0 Å². The Balaban J connectivity index is 2.15. The first-order valence-corrected chi connectivity index (χ1v) is 5.24. The molecule has 0 atom stereocenters. The largest absolute Gasteiger partial charge is 0.508 e. The van der Waals surface area contributed by atoms with Gasteiger partial charge in [0, 0.05) is 13.1 Å². The standard InChI is InChI=1S/C12H12N2O4/c1-14-11(10(6-13-14)12(16)17)7-18-9-4-2-3-8(15)5-9/h2-6,15H,7H2,1H3,(H,16,17). The summed E-state index contributed by atoms with van der Waals surface area (Å²) in [7, 11) is 1.65. The quantitative estimate of drug-likeness (QED) is 0.854. The second-order valence-electron chi connectivity index (χ2n) is 3.72. The maximum Gasteiger partial charge on any atom is 0.339 e. The molecule has 0 radical (unpaired) electrons. The molecule has 0 aliphatic rings. The molecule has 94 valence electrons. The molecule has 2 aromatic rings. The number of carboxylic acids is 1. The number of aromatic carboxylic acids is 1. The van der Waals surface area contributed by atoms with Crippen LogP contribution in [0.4, 0.5) is 0 Å². The van der Waals surface area contributed by atoms with Gasteiger partial charge in [0.15, 0.2) is 0 Å². The highest BCUT2D eigenvalue weighted by molar-refractivity contribution is 5.88. The van der Waals surface area contributed by atoms with Crippen LogP contribution in [0.3, 0.4) is 0 Å². The maximum absolute atomic E-state index is 11.0. The van der Waals surface area contributed by atoms with Gasteiger partial charge >= 0.3 is 5.97 Å². The summed E-state index contributed by atoms with van der Waals surface area (Å²) in [4.78, 5) is 11.0. The molecule has 0 saturated carbocycles. The Bertz CT molecular complexity index is 577. The van der Waals surface area contributed by atoms with Crippen LogP contribution in [0.15, 0.2) is 30.5 Å². The summed E-state index contributed by atoms with van der Waals surface area (Å²) in [5, 5.41) is 22.1. The molecule has 0 aliphatic heterocycles. The van der Waals surface area contributed by atoms with Crippen LogP contribution in [0.25, 0.3) is 0 Å². The number of nitrogens with zero attached hydrogens (tertiary/aromatic N) is 2. The molecule has 1 aromatic heterocycles. The molecule has 6 heteroatoms. The molecule has 2 N–H and O–H groups in total. The molecule has 0 fully saturated rings. The number of aryl methyl sites for hydroxylation is 1. The number of carbonyl (C=O) groups is 1. The van der Waals surface area contributed by atoms with Crippen molar-refractivity contribution in [2.75, 3.05) is 0 Å². The summed E-state index contributed by atoms with van der Waals surface area (Å²) in [6, 6.07) is 6.30. The monoisotopic (exact) mass is 248 g/mol. The van der Waals surface area contributed by atoms with Crippen molar-refractivity contribution in [2.24, 2.45) is 7.05 Å². The highest BCUT2D eigenvalue weighted by Gasteiger charge is 2.15. The number of ether oxygens (including phenoxy) is 1. The minimum Gasteiger partial charge on any atom is -0.508 e. The number of phenols is 1. The second-order valence-corrected chi connectivity index (χ2v) is 3.72. The SMILES string of the molecule is Cn1ncc(C(=O)O)c1COc1cccc(O)c1. The van der Waals surface area contributed by atoms with Crippen molar-refractivity contribution in [1.82, 2.24) is 9.78 Å². The van der Waals surface area contributed by atoms with Crippen LogP contribution < -0.4 is 4.74 Å². The molecule has 0 bridgehead atoms. The third kappa shape index (κ3) is 2.42. The summed E-state index contributed by atoms with van der Waals surface area (Å²) >= 11 is 0. The highest BCUT2D eigenvalue weighted by Crippen LogP contribution is 2.19. The number of aromatic nitrogens is 2. The fourth-order valence-corrected chi connectivity index (χ4v) is 1.54. The van der Waals surface area contributed by atoms with Crippen LogP contribution in [0, 0.1) is 0 Å². The molecular formula is C12H12N2O4. The van der Waals surface area contributed by atoms with Crippen molar-refractivity contribution in [3.63, 3.8) is 0 Å². The van der Waals surface area contributed by atoms with Crippen LogP contribution in [0.1, 0.15) is 16.1 Å². The van der Waals surface area contributed by atoms with E-state index in [2.05, 4.69) is 5.10 Å². The van der Waals surface area contributed by atoms with Gasteiger partial charge in [-0.25, -0.2) is 4.79 Å². The Labute approximate surface area is 103 Å². The molecule has 0 aliphatic carbocycles. The summed E-state index contributed by atoms with van der Waals surface area (Å²) in [5.41, 5.74) is 0.573. The van der Waals surface area contributed by atoms with Gasteiger partial charge in [0.05, 0.1) is 11.9 Å². The van der Waals surface area contributed by atoms with Crippen molar-refractivity contribution >= 4 is 5.97 Å². The average molecular weight is 248 g/mol. The maximum atomic E-state index is 11.0. The predicted molar refractivity (Wildman–Crippen MR) is 62.6 cm³/mol. The highest BCUT2D eigenvalue weighted by atomic mass is 16.5. The van der Waals surface area contributed by atoms with E-state index in [9.17, 15) is 9.90 Å². The van der Waals surface area contributed by atoms with Gasteiger partial charge in [-0.05, 0) is 12.1 Å². The number of carboxylic acid groups (broad SMARTS) is 1. The fraction of sp³-hybridized carbons (Fsp3) is 0.167. The molecule has 1 aromatic carbocycles. The normalized spacial score (nSPS) is 10.3. The molecule has 2 rings (SSSR count). The van der Waals surface area contributed by atoms with Crippen LogP contribution in [0.5, 0.6) is 11.5 Å². The lowest BCUT2D eigenvalue weighted by atomic mass is 10.2. The van der Waals surface area contributed by atoms with Crippen molar-refractivity contribution < 1.29 is 19.7 Å². The molecule has 0 unspecified atom stereocenters. The minimum absolute atomic E-state index is 0.0710. The zero-order valence-corrected chi connectivity index (χ0v) is 9.70. The lowest BCUT2D eigenvalue weighted by Crippen LogP contribution is -2.08. The van der Waals surface area contributed by atoms with Crippen LogP contribution in [-0.4, -0.2) is 26.0 Å². The van der Waals surface area contributed by atoms with Gasteiger partial charge in [-0.3, -0.25) is 4.68 Å². The van der Waals surface area contributed by atoms with Crippen LogP contribution in [-0.2, 0) is 13.7 Å². The first-order chi connectivity index (χ1) is 8.58. The first-order valence-electron chi connectivity index (χ1n) is 5.24. The number of benzene rings is 1. The molecule has 18 heavy (non-hydrogen) atoms. The van der Waals surface area contributed by atoms with E-state index in [-0.39, 0.29) is 17.9 Å². The number of aromatic hydroxyl groups is 1. The number of hydrogen-bond acceptors (Lipinski definition) is 4. The van der Waals surface area contributed by atoms with E-state index in [0.717, 1.165) is 0 Å². The van der Waals surface area contributed by atoms with Crippen molar-refractivity contribution in [1.29, 1.82) is 0 Å². The first kappa shape index (κ1) is 12.0.